The van der Waals surface area contributed by atoms with Crippen LogP contribution in [0, 0.1) is 0 Å². The Morgan fingerprint density at radius 2 is 2.50 bits per heavy atom. The Morgan fingerprint density at radius 1 is 1.65 bits per heavy atom. The van der Waals surface area contributed by atoms with Crippen molar-refractivity contribution in [3.05, 3.63) is 29.0 Å². The average Bonchev–Trinajstić information content (AvgIpc) is 2.96. The highest BCUT2D eigenvalue weighted by Crippen LogP contribution is 2.17. The number of hydrogen-bond acceptors (Lipinski definition) is 4. The van der Waals surface area contributed by atoms with Crippen LogP contribution >= 0.6 is 11.6 Å². The Morgan fingerprint density at radius 3 is 3.15 bits per heavy atom. The first-order chi connectivity index (χ1) is 9.72. The quantitative estimate of drug-likeness (QED) is 0.866. The van der Waals surface area contributed by atoms with Crippen LogP contribution in [-0.4, -0.2) is 55.2 Å². The predicted octanol–water partition coefficient (Wildman–Crippen LogP) is 1.58. The molecular formula is C14H20ClN3O2. The summed E-state index contributed by atoms with van der Waals surface area (Å²) in [6.07, 6.45) is 5.34. The van der Waals surface area contributed by atoms with E-state index in [2.05, 4.69) is 10.3 Å². The summed E-state index contributed by atoms with van der Waals surface area (Å²) in [4.78, 5) is 18.3. The lowest BCUT2D eigenvalue weighted by Crippen LogP contribution is -2.42. The van der Waals surface area contributed by atoms with Crippen molar-refractivity contribution in [2.75, 3.05) is 33.4 Å². The fourth-order valence-corrected chi connectivity index (χ4v) is 2.57. The largest absolute Gasteiger partial charge is 0.383 e. The van der Waals surface area contributed by atoms with Gasteiger partial charge in [-0.1, -0.05) is 11.6 Å². The van der Waals surface area contributed by atoms with Crippen LogP contribution < -0.4 is 5.32 Å². The van der Waals surface area contributed by atoms with Crippen LogP contribution in [0.3, 0.4) is 0 Å². The van der Waals surface area contributed by atoms with Gasteiger partial charge in [0.25, 0.3) is 5.91 Å². The van der Waals surface area contributed by atoms with Gasteiger partial charge in [0.05, 0.1) is 17.2 Å². The summed E-state index contributed by atoms with van der Waals surface area (Å²) in [6.45, 7) is 2.78. The zero-order valence-electron chi connectivity index (χ0n) is 11.6. The van der Waals surface area contributed by atoms with E-state index in [1.165, 1.54) is 6.20 Å². The number of nitrogens with one attached hydrogen (secondary N) is 1. The van der Waals surface area contributed by atoms with Crippen LogP contribution in [0.1, 0.15) is 23.2 Å². The topological polar surface area (TPSA) is 54.5 Å². The molecule has 1 N–H and O–H groups in total. The second-order valence-corrected chi connectivity index (χ2v) is 5.30. The molecule has 20 heavy (non-hydrogen) atoms. The van der Waals surface area contributed by atoms with Gasteiger partial charge in [0.2, 0.25) is 0 Å². The molecule has 1 aromatic heterocycles. The van der Waals surface area contributed by atoms with Gasteiger partial charge in [-0.05, 0) is 25.5 Å². The maximum absolute atomic E-state index is 12.6. The van der Waals surface area contributed by atoms with Crippen molar-refractivity contribution in [3.8, 4) is 0 Å². The van der Waals surface area contributed by atoms with Crippen molar-refractivity contribution in [2.24, 2.45) is 0 Å². The van der Waals surface area contributed by atoms with E-state index in [1.54, 1.807) is 24.3 Å². The Balaban J connectivity index is 2.08. The molecule has 0 saturated carbocycles. The molecule has 0 aliphatic carbocycles. The number of halogens is 1. The van der Waals surface area contributed by atoms with Gasteiger partial charge < -0.3 is 15.0 Å². The minimum atomic E-state index is -0.0665. The minimum absolute atomic E-state index is 0.0665. The lowest BCUT2D eigenvalue weighted by Gasteiger charge is -2.26. The smallest absolute Gasteiger partial charge is 0.255 e. The minimum Gasteiger partial charge on any atom is -0.383 e. The molecule has 1 unspecified atom stereocenters. The fraction of sp³-hybridized carbons (Fsp3) is 0.571. The molecule has 0 radical (unpaired) electrons. The predicted molar refractivity (Wildman–Crippen MR) is 78.1 cm³/mol. The molecule has 1 fully saturated rings. The number of ether oxygens (including phenoxy) is 1. The van der Waals surface area contributed by atoms with Crippen LogP contribution in [0.2, 0.25) is 5.02 Å². The number of hydrogen-bond donors (Lipinski definition) is 1. The molecule has 110 valence electrons. The van der Waals surface area contributed by atoms with Gasteiger partial charge in [-0.2, -0.15) is 0 Å². The second kappa shape index (κ2) is 7.57. The fourth-order valence-electron chi connectivity index (χ4n) is 2.37. The van der Waals surface area contributed by atoms with Gasteiger partial charge >= 0.3 is 0 Å². The van der Waals surface area contributed by atoms with E-state index in [-0.39, 0.29) is 5.91 Å². The number of carbonyl (C=O) groups excluding carboxylic acids is 1. The molecule has 0 spiro atoms. The van der Waals surface area contributed by atoms with Gasteiger partial charge in [-0.25, -0.2) is 0 Å². The lowest BCUT2D eigenvalue weighted by molar-refractivity contribution is 0.0679. The van der Waals surface area contributed by atoms with Crippen LogP contribution in [0.5, 0.6) is 0 Å². The molecule has 1 aliphatic heterocycles. The van der Waals surface area contributed by atoms with E-state index in [9.17, 15) is 4.79 Å². The first-order valence-corrected chi connectivity index (χ1v) is 7.21. The van der Waals surface area contributed by atoms with Crippen molar-refractivity contribution >= 4 is 17.5 Å². The standard InChI is InChI=1S/C14H20ClN3O2/c1-20-8-7-18(10-11-3-2-5-17-11)14(19)12-4-6-16-9-13(12)15/h4,6,9,11,17H,2-3,5,7-8,10H2,1H3. The second-order valence-electron chi connectivity index (χ2n) is 4.89. The molecule has 6 heteroatoms. The van der Waals surface area contributed by atoms with Crippen molar-refractivity contribution in [3.63, 3.8) is 0 Å². The summed E-state index contributed by atoms with van der Waals surface area (Å²) < 4.78 is 5.09. The summed E-state index contributed by atoms with van der Waals surface area (Å²) in [7, 11) is 1.63. The molecular weight excluding hydrogens is 278 g/mol. The van der Waals surface area contributed by atoms with Crippen LogP contribution in [0.15, 0.2) is 18.5 Å². The molecule has 0 bridgehead atoms. The van der Waals surface area contributed by atoms with Gasteiger partial charge in [0.15, 0.2) is 0 Å². The summed E-state index contributed by atoms with van der Waals surface area (Å²) in [5.74, 6) is -0.0665. The zero-order chi connectivity index (χ0) is 14.4. The normalized spacial score (nSPS) is 18.2. The number of carbonyl (C=O) groups is 1. The Kier molecular flexibility index (Phi) is 5.76. The third-order valence-electron chi connectivity index (χ3n) is 3.46. The number of aromatic nitrogens is 1. The van der Waals surface area contributed by atoms with Crippen molar-refractivity contribution < 1.29 is 9.53 Å². The molecule has 0 aromatic carbocycles. The van der Waals surface area contributed by atoms with Crippen molar-refractivity contribution in [1.29, 1.82) is 0 Å². The average molecular weight is 298 g/mol. The van der Waals surface area contributed by atoms with Crippen LogP contribution in [0.25, 0.3) is 0 Å². The summed E-state index contributed by atoms with van der Waals surface area (Å²) in [5, 5.41) is 3.79. The third-order valence-corrected chi connectivity index (χ3v) is 3.76. The van der Waals surface area contributed by atoms with Crippen LogP contribution in [-0.2, 0) is 4.74 Å². The molecule has 5 nitrogen and oxygen atoms in total. The Labute approximate surface area is 124 Å². The highest BCUT2D eigenvalue weighted by molar-refractivity contribution is 6.33. The molecule has 1 aromatic rings. The van der Waals surface area contributed by atoms with Gasteiger partial charge in [-0.3, -0.25) is 9.78 Å². The summed E-state index contributed by atoms with van der Waals surface area (Å²) >= 11 is 6.06. The van der Waals surface area contributed by atoms with E-state index in [1.807, 2.05) is 0 Å². The first-order valence-electron chi connectivity index (χ1n) is 6.83. The van der Waals surface area contributed by atoms with Crippen molar-refractivity contribution in [2.45, 2.75) is 18.9 Å². The van der Waals surface area contributed by atoms with Gasteiger partial charge in [0, 0.05) is 38.6 Å². The third kappa shape index (κ3) is 3.91. The SMILES string of the molecule is COCCN(CC1CCCN1)C(=O)c1ccncc1Cl. The number of pyridine rings is 1. The molecule has 1 saturated heterocycles. The maximum atomic E-state index is 12.6. The van der Waals surface area contributed by atoms with Crippen LogP contribution in [0.4, 0.5) is 0 Å². The summed E-state index contributed by atoms with van der Waals surface area (Å²) in [6, 6.07) is 2.02. The van der Waals surface area contributed by atoms with E-state index >= 15 is 0 Å². The van der Waals surface area contributed by atoms with E-state index < -0.39 is 0 Å². The first kappa shape index (κ1) is 15.2. The number of amides is 1. The maximum Gasteiger partial charge on any atom is 0.255 e. The van der Waals surface area contributed by atoms with E-state index in [4.69, 9.17) is 16.3 Å². The Hall–Kier alpha value is -1.17. The monoisotopic (exact) mass is 297 g/mol. The Bertz CT molecular complexity index is 450. The number of nitrogens with zero attached hydrogens (tertiary/aromatic N) is 2. The number of rotatable bonds is 6. The lowest BCUT2D eigenvalue weighted by atomic mass is 10.2. The van der Waals surface area contributed by atoms with Crippen molar-refractivity contribution in [1.82, 2.24) is 15.2 Å². The van der Waals surface area contributed by atoms with E-state index in [0.29, 0.717) is 36.3 Å². The molecule has 1 amide bonds. The zero-order valence-corrected chi connectivity index (χ0v) is 12.4. The molecule has 2 heterocycles. The molecule has 1 atom stereocenters. The highest BCUT2D eigenvalue weighted by atomic mass is 35.5. The van der Waals surface area contributed by atoms with Gasteiger partial charge in [0.1, 0.15) is 0 Å². The summed E-state index contributed by atoms with van der Waals surface area (Å²) in [5.41, 5.74) is 0.496. The highest BCUT2D eigenvalue weighted by Gasteiger charge is 2.23. The molecule has 1 aliphatic rings. The van der Waals surface area contributed by atoms with Gasteiger partial charge in [-0.15, -0.1) is 0 Å². The van der Waals surface area contributed by atoms with E-state index in [0.717, 1.165) is 19.4 Å². The molecule has 2 rings (SSSR count). The number of methoxy groups -OCH3 is 1.